The van der Waals surface area contributed by atoms with Gasteiger partial charge in [-0.15, -0.1) is 24.8 Å². The standard InChI is InChI=1S/C32H42N6O4.2ClH/c1-23(2)20-38-30-29(31(41)34(3)32(38)42)37(21-26(40)22-39)27(33-30)14-15-35-16-18-36(19-17-35)28(24-10-6-4-7-11-24)25-12-8-5-9-13-25;;/h4-13,23,26,28,39-40H,14-22H2,1-3H3;2*1H. The zero-order chi connectivity index (χ0) is 29.8. The first-order valence-corrected chi connectivity index (χ1v) is 14.8. The summed E-state index contributed by atoms with van der Waals surface area (Å²) in [5.41, 5.74) is 2.35. The number of hydrogen-bond acceptors (Lipinski definition) is 7. The van der Waals surface area contributed by atoms with Crippen LogP contribution in [-0.4, -0.2) is 84.1 Å². The number of aromatic nitrogens is 4. The highest BCUT2D eigenvalue weighted by Crippen LogP contribution is 2.29. The van der Waals surface area contributed by atoms with Gasteiger partial charge in [-0.3, -0.25) is 18.8 Å². The molecule has 0 amide bonds. The van der Waals surface area contributed by atoms with E-state index in [-0.39, 0.29) is 43.3 Å². The Morgan fingerprint density at radius 1 is 0.841 bits per heavy atom. The maximum absolute atomic E-state index is 13.3. The Bertz CT molecular complexity index is 1560. The monoisotopic (exact) mass is 646 g/mol. The summed E-state index contributed by atoms with van der Waals surface area (Å²) < 4.78 is 4.36. The van der Waals surface area contributed by atoms with Crippen molar-refractivity contribution in [2.45, 2.75) is 45.5 Å². The molecule has 0 aliphatic carbocycles. The molecule has 5 rings (SSSR count). The zero-order valence-corrected chi connectivity index (χ0v) is 27.2. The van der Waals surface area contributed by atoms with E-state index in [2.05, 4.69) is 58.3 Å². The molecule has 1 atom stereocenters. The molecule has 12 heteroatoms. The van der Waals surface area contributed by atoms with Crippen LogP contribution in [0.2, 0.25) is 0 Å². The van der Waals surface area contributed by atoms with E-state index in [0.29, 0.717) is 30.0 Å². The number of piperazine rings is 1. The fourth-order valence-corrected chi connectivity index (χ4v) is 5.98. The second-order valence-electron chi connectivity index (χ2n) is 11.6. The molecule has 10 nitrogen and oxygen atoms in total. The first-order valence-electron chi connectivity index (χ1n) is 14.8. The number of fused-ring (bicyclic) bond motifs is 1. The molecule has 0 bridgehead atoms. The fourth-order valence-electron chi connectivity index (χ4n) is 5.98. The van der Waals surface area contributed by atoms with E-state index in [1.165, 1.54) is 18.2 Å². The van der Waals surface area contributed by atoms with Crippen LogP contribution < -0.4 is 11.2 Å². The highest BCUT2D eigenvalue weighted by Gasteiger charge is 2.27. The van der Waals surface area contributed by atoms with E-state index in [9.17, 15) is 19.8 Å². The molecule has 3 heterocycles. The third-order valence-corrected chi connectivity index (χ3v) is 8.12. The van der Waals surface area contributed by atoms with Crippen LogP contribution in [0, 0.1) is 5.92 Å². The number of nitrogens with zero attached hydrogens (tertiary/aromatic N) is 6. The van der Waals surface area contributed by atoms with Crippen LogP contribution in [0.25, 0.3) is 11.2 Å². The van der Waals surface area contributed by atoms with Gasteiger partial charge < -0.3 is 19.7 Å². The minimum Gasteiger partial charge on any atom is -0.394 e. The molecule has 4 aromatic rings. The summed E-state index contributed by atoms with van der Waals surface area (Å²) >= 11 is 0. The van der Waals surface area contributed by atoms with Crippen molar-refractivity contribution in [3.63, 3.8) is 0 Å². The average molecular weight is 648 g/mol. The van der Waals surface area contributed by atoms with E-state index in [1.807, 2.05) is 26.0 Å². The van der Waals surface area contributed by atoms with Crippen LogP contribution in [0.4, 0.5) is 0 Å². The Labute approximate surface area is 270 Å². The summed E-state index contributed by atoms with van der Waals surface area (Å²) in [4.78, 5) is 36.0. The predicted molar refractivity (Wildman–Crippen MR) is 178 cm³/mol. The van der Waals surface area contributed by atoms with Crippen LogP contribution in [0.1, 0.15) is 36.8 Å². The van der Waals surface area contributed by atoms with Gasteiger partial charge >= 0.3 is 5.69 Å². The van der Waals surface area contributed by atoms with Crippen molar-refractivity contribution in [2.24, 2.45) is 13.0 Å². The van der Waals surface area contributed by atoms with E-state index in [0.717, 1.165) is 37.3 Å². The Hall–Kier alpha value is -2.99. The van der Waals surface area contributed by atoms with Crippen molar-refractivity contribution in [3.05, 3.63) is 98.5 Å². The summed E-state index contributed by atoms with van der Waals surface area (Å²) in [6, 6.07) is 21.4. The van der Waals surface area contributed by atoms with Gasteiger partial charge in [-0.2, -0.15) is 0 Å². The highest BCUT2D eigenvalue weighted by molar-refractivity contribution is 5.85. The topological polar surface area (TPSA) is 109 Å². The maximum Gasteiger partial charge on any atom is 0.332 e. The molecule has 1 unspecified atom stereocenters. The summed E-state index contributed by atoms with van der Waals surface area (Å²) in [6.45, 7) is 8.35. The molecular formula is C32H44Cl2N6O4. The minimum absolute atomic E-state index is 0. The molecule has 2 aromatic heterocycles. The second-order valence-corrected chi connectivity index (χ2v) is 11.6. The molecule has 240 valence electrons. The van der Waals surface area contributed by atoms with Crippen LogP contribution in [0.5, 0.6) is 0 Å². The van der Waals surface area contributed by atoms with Crippen LogP contribution in [0.3, 0.4) is 0 Å². The average Bonchev–Trinajstić information content (AvgIpc) is 3.36. The summed E-state index contributed by atoms with van der Waals surface area (Å²) in [7, 11) is 1.47. The Morgan fingerprint density at radius 2 is 1.41 bits per heavy atom. The summed E-state index contributed by atoms with van der Waals surface area (Å²) in [6.07, 6.45) is -0.500. The van der Waals surface area contributed by atoms with Gasteiger partial charge in [-0.25, -0.2) is 9.78 Å². The van der Waals surface area contributed by atoms with Crippen molar-refractivity contribution < 1.29 is 10.2 Å². The van der Waals surface area contributed by atoms with Gasteiger partial charge in [0.25, 0.3) is 5.56 Å². The van der Waals surface area contributed by atoms with Gasteiger partial charge in [0.15, 0.2) is 11.2 Å². The van der Waals surface area contributed by atoms with Gasteiger partial charge in [0.05, 0.1) is 25.3 Å². The third kappa shape index (κ3) is 7.62. The van der Waals surface area contributed by atoms with Crippen LogP contribution >= 0.6 is 24.8 Å². The molecule has 0 saturated carbocycles. The molecule has 1 aliphatic rings. The molecule has 1 fully saturated rings. The van der Waals surface area contributed by atoms with Crippen molar-refractivity contribution >= 4 is 36.0 Å². The number of aliphatic hydroxyl groups excluding tert-OH is 2. The molecule has 1 saturated heterocycles. The smallest absolute Gasteiger partial charge is 0.332 e. The number of halogens is 2. The Balaban J connectivity index is 0.00000264. The van der Waals surface area contributed by atoms with E-state index < -0.39 is 24.0 Å². The zero-order valence-electron chi connectivity index (χ0n) is 25.6. The molecule has 2 aromatic carbocycles. The lowest BCUT2D eigenvalue weighted by Gasteiger charge is -2.39. The van der Waals surface area contributed by atoms with Crippen molar-refractivity contribution in [3.8, 4) is 0 Å². The quantitative estimate of drug-likeness (QED) is 0.258. The molecule has 0 spiro atoms. The molecule has 0 radical (unpaired) electrons. The van der Waals surface area contributed by atoms with Crippen molar-refractivity contribution in [1.82, 2.24) is 28.5 Å². The molecule has 44 heavy (non-hydrogen) atoms. The normalized spacial score (nSPS) is 15.0. The van der Waals surface area contributed by atoms with Crippen LogP contribution in [-0.2, 0) is 26.6 Å². The molecular weight excluding hydrogens is 603 g/mol. The predicted octanol–water partition coefficient (Wildman–Crippen LogP) is 2.70. The first-order chi connectivity index (χ1) is 20.3. The third-order valence-electron chi connectivity index (χ3n) is 8.12. The van der Waals surface area contributed by atoms with E-state index in [4.69, 9.17) is 4.98 Å². The molecule has 2 N–H and O–H groups in total. The summed E-state index contributed by atoms with van der Waals surface area (Å²) in [5.74, 6) is 0.804. The fraction of sp³-hybridized carbons (Fsp3) is 0.469. The number of aliphatic hydroxyl groups is 2. The second kappa shape index (κ2) is 15.8. The maximum atomic E-state index is 13.3. The number of rotatable bonds is 11. The molecule has 1 aliphatic heterocycles. The Morgan fingerprint density at radius 3 is 1.93 bits per heavy atom. The minimum atomic E-state index is -1.05. The van der Waals surface area contributed by atoms with Gasteiger partial charge in [0, 0.05) is 52.7 Å². The number of benzene rings is 2. The van der Waals surface area contributed by atoms with E-state index in [1.54, 1.807) is 9.13 Å². The largest absolute Gasteiger partial charge is 0.394 e. The van der Waals surface area contributed by atoms with Crippen LogP contribution in [0.15, 0.2) is 70.3 Å². The van der Waals surface area contributed by atoms with Crippen molar-refractivity contribution in [1.29, 1.82) is 0 Å². The van der Waals surface area contributed by atoms with E-state index >= 15 is 0 Å². The number of hydrogen-bond donors (Lipinski definition) is 2. The lowest BCUT2D eigenvalue weighted by atomic mass is 9.96. The Kier molecular flexibility index (Phi) is 12.8. The lowest BCUT2D eigenvalue weighted by molar-refractivity contribution is 0.0809. The van der Waals surface area contributed by atoms with Gasteiger partial charge in [-0.05, 0) is 17.0 Å². The highest BCUT2D eigenvalue weighted by atomic mass is 35.5. The van der Waals surface area contributed by atoms with Gasteiger partial charge in [0.2, 0.25) is 0 Å². The van der Waals surface area contributed by atoms with Gasteiger partial charge in [0.1, 0.15) is 5.82 Å². The summed E-state index contributed by atoms with van der Waals surface area (Å²) in [5, 5.41) is 19.9. The first kappa shape index (κ1) is 35.5. The number of imidazole rings is 1. The SMILES string of the molecule is CC(C)Cn1c(=O)n(C)c(=O)c2c1nc(CCN1CCN(C(c3ccccc3)c3ccccc3)CC1)n2CC(O)CO.Cl.Cl. The van der Waals surface area contributed by atoms with Gasteiger partial charge in [-0.1, -0.05) is 74.5 Å². The van der Waals surface area contributed by atoms with Crippen molar-refractivity contribution in [2.75, 3.05) is 39.3 Å². The lowest BCUT2D eigenvalue weighted by Crippen LogP contribution is -2.48.